The topological polar surface area (TPSA) is 205 Å². The van der Waals surface area contributed by atoms with E-state index in [0.717, 1.165) is 6.07 Å². The zero-order valence-electron chi connectivity index (χ0n) is 21.1. The number of hydroxylamine groups is 1. The predicted molar refractivity (Wildman–Crippen MR) is 135 cm³/mol. The summed E-state index contributed by atoms with van der Waals surface area (Å²) >= 11 is 0. The second-order valence-electron chi connectivity index (χ2n) is 8.44. The molecule has 0 aliphatic heterocycles. The Morgan fingerprint density at radius 3 is 2.10 bits per heavy atom. The van der Waals surface area contributed by atoms with E-state index in [4.69, 9.17) is 15.1 Å². The van der Waals surface area contributed by atoms with Gasteiger partial charge in [-0.2, -0.15) is 18.2 Å². The third-order valence-electron chi connectivity index (χ3n) is 6.02. The summed E-state index contributed by atoms with van der Waals surface area (Å²) in [6.07, 6.45) is 0. The second kappa shape index (κ2) is 11.4. The van der Waals surface area contributed by atoms with Crippen molar-refractivity contribution in [2.45, 2.75) is 23.6 Å². The number of aliphatic hydroxyl groups excluding tert-OH is 1. The van der Waals surface area contributed by atoms with Crippen molar-refractivity contribution in [1.29, 1.82) is 0 Å². The Kier molecular flexibility index (Phi) is 9.06. The molecule has 0 spiro atoms. The van der Waals surface area contributed by atoms with E-state index in [9.17, 15) is 31.0 Å². The molecule has 0 heterocycles. The Labute approximate surface area is 246 Å². The van der Waals surface area contributed by atoms with Crippen LogP contribution in [0.15, 0.2) is 52.3 Å². The summed E-state index contributed by atoms with van der Waals surface area (Å²) in [7, 11) is -9.55. The van der Waals surface area contributed by atoms with Crippen molar-refractivity contribution in [2.24, 2.45) is 0 Å². The van der Waals surface area contributed by atoms with E-state index < -0.39 is 47.9 Å². The molecule has 39 heavy (non-hydrogen) atoms. The van der Waals surface area contributed by atoms with Crippen molar-refractivity contribution in [3.63, 3.8) is 0 Å². The van der Waals surface area contributed by atoms with Crippen LogP contribution in [0.5, 0.6) is 0 Å². The maximum absolute atomic E-state index is 13.5. The first kappa shape index (κ1) is 30.9. The Morgan fingerprint density at radius 1 is 0.949 bits per heavy atom. The Balaban J connectivity index is 0.00000420. The maximum atomic E-state index is 13.5. The number of hydrogen-bond acceptors (Lipinski definition) is 12. The summed E-state index contributed by atoms with van der Waals surface area (Å²) in [6.45, 7) is 2.61. The molecule has 12 nitrogen and oxygen atoms in total. The Morgan fingerprint density at radius 2 is 1.54 bits per heavy atom. The molecule has 0 aromatic heterocycles. The average molecular weight is 584 g/mol. The molecule has 15 heteroatoms. The van der Waals surface area contributed by atoms with Gasteiger partial charge in [-0.1, -0.05) is 24.3 Å². The van der Waals surface area contributed by atoms with Gasteiger partial charge in [0.15, 0.2) is 11.6 Å². The van der Waals surface area contributed by atoms with Crippen molar-refractivity contribution in [3.8, 4) is 0 Å². The van der Waals surface area contributed by atoms with Crippen LogP contribution in [0.2, 0.25) is 0 Å². The van der Waals surface area contributed by atoms with E-state index in [1.807, 2.05) is 0 Å². The van der Waals surface area contributed by atoms with Crippen LogP contribution in [-0.2, 0) is 24.5 Å². The van der Waals surface area contributed by atoms with Gasteiger partial charge >= 0.3 is 39.7 Å². The summed E-state index contributed by atoms with van der Waals surface area (Å²) in [5.41, 5.74) is 7.42. The molecule has 0 fully saturated rings. The van der Waals surface area contributed by atoms with Gasteiger partial charge < -0.3 is 20.7 Å². The fraction of sp³-hybridized carbons (Fsp3) is 0.167. The monoisotopic (exact) mass is 583 g/mol. The second-order valence-corrected chi connectivity index (χ2v) is 11.3. The molecule has 4 rings (SSSR count). The first-order valence-electron chi connectivity index (χ1n) is 11.0. The summed E-state index contributed by atoms with van der Waals surface area (Å²) < 4.78 is 66.3. The van der Waals surface area contributed by atoms with Crippen LogP contribution in [0, 0.1) is 13.8 Å². The number of ketones is 2. The van der Waals surface area contributed by atoms with Gasteiger partial charge in [-0.05, 0) is 43.2 Å². The normalized spacial score (nSPS) is 12.9. The van der Waals surface area contributed by atoms with E-state index in [-0.39, 0.29) is 75.7 Å². The van der Waals surface area contributed by atoms with Crippen molar-refractivity contribution in [3.05, 3.63) is 75.8 Å². The number of carbonyl (C=O) groups excluding carboxylic acids is 2. The van der Waals surface area contributed by atoms with E-state index in [0.29, 0.717) is 11.1 Å². The fourth-order valence-corrected chi connectivity index (χ4v) is 5.89. The molecule has 1 aliphatic carbocycles. The van der Waals surface area contributed by atoms with Gasteiger partial charge in [0.1, 0.15) is 15.0 Å². The molecule has 0 amide bonds. The van der Waals surface area contributed by atoms with Crippen LogP contribution >= 0.6 is 0 Å². The van der Waals surface area contributed by atoms with Crippen molar-refractivity contribution >= 4 is 48.9 Å². The number of rotatable bonds is 8. The van der Waals surface area contributed by atoms with Gasteiger partial charge in [0, 0.05) is 23.4 Å². The number of fused-ring (bicyclic) bond motifs is 2. The molecule has 0 bridgehead atoms. The van der Waals surface area contributed by atoms with Gasteiger partial charge in [0.2, 0.25) is 0 Å². The van der Waals surface area contributed by atoms with E-state index in [2.05, 4.69) is 10.8 Å². The zero-order chi connectivity index (χ0) is 28.0. The summed E-state index contributed by atoms with van der Waals surface area (Å²) in [5, 5.41) is 11.7. The third kappa shape index (κ3) is 5.79. The number of anilines is 3. The van der Waals surface area contributed by atoms with Crippen molar-refractivity contribution in [2.75, 3.05) is 24.2 Å². The van der Waals surface area contributed by atoms with E-state index in [1.54, 1.807) is 13.0 Å². The van der Waals surface area contributed by atoms with E-state index >= 15 is 0 Å². The van der Waals surface area contributed by atoms with Gasteiger partial charge in [0.25, 0.3) is 0 Å². The van der Waals surface area contributed by atoms with Crippen LogP contribution in [-0.4, -0.2) is 51.2 Å². The van der Waals surface area contributed by atoms with Gasteiger partial charge in [-0.15, -0.1) is 0 Å². The van der Waals surface area contributed by atoms with Crippen LogP contribution in [0.1, 0.15) is 43.0 Å². The first-order chi connectivity index (χ1) is 17.8. The van der Waals surface area contributed by atoms with Gasteiger partial charge in [-0.3, -0.25) is 9.59 Å². The molecule has 3 aromatic rings. The molecule has 0 atom stereocenters. The van der Waals surface area contributed by atoms with Crippen molar-refractivity contribution in [1.82, 2.24) is 5.48 Å². The smallest absolute Gasteiger partial charge is 0.744 e. The number of benzene rings is 3. The summed E-state index contributed by atoms with van der Waals surface area (Å²) in [6, 6.07) is 9.42. The fourth-order valence-electron chi connectivity index (χ4n) is 4.12. The first-order valence-corrected chi connectivity index (χ1v) is 13.9. The predicted octanol–water partition coefficient (Wildman–Crippen LogP) is -1.49. The Bertz CT molecular complexity index is 1720. The number of aliphatic hydroxyl groups is 1. The molecule has 5 N–H and O–H groups in total. The molecule has 0 saturated carbocycles. The minimum absolute atomic E-state index is 0. The minimum atomic E-state index is -5.18. The van der Waals surface area contributed by atoms with Gasteiger partial charge in [0.05, 0.1) is 34.0 Å². The van der Waals surface area contributed by atoms with Gasteiger partial charge in [-0.25, -0.2) is 8.42 Å². The molecular weight excluding hydrogens is 561 g/mol. The number of aryl methyl sites for hydroxylation is 1. The summed E-state index contributed by atoms with van der Waals surface area (Å²) in [5.74, 6) is -1.39. The average Bonchev–Trinajstić information content (AvgIpc) is 2.84. The molecule has 200 valence electrons. The SMILES string of the molecule is Cc1cc(Nc2cc(S(=O)(=O)[O-])c(N)c3c2C(=O)c2ccccc2C3=O)cc(S(=O)(=O)ONCCO)c1C.[Na+]. The maximum Gasteiger partial charge on any atom is 1.00 e. The molecular formula is C24H22N3NaO9S2. The largest absolute Gasteiger partial charge is 1.00 e. The minimum Gasteiger partial charge on any atom is -0.744 e. The quantitative estimate of drug-likeness (QED) is 0.0616. The number of nitrogens with two attached hydrogens (primary N) is 1. The third-order valence-corrected chi connectivity index (χ3v) is 8.20. The molecule has 0 radical (unpaired) electrons. The molecule has 3 aromatic carbocycles. The van der Waals surface area contributed by atoms with Crippen LogP contribution in [0.25, 0.3) is 0 Å². The standard InChI is InChI=1S/C24H23N3O9S2.Na/c1-12-9-14(10-18(13(12)2)38(34,35)36-26-7-8-28)27-17-11-19(37(31,32)33)22(25)21-20(17)23(29)15-5-3-4-6-16(15)24(21)30;/h3-6,9-11,26-28H,7-8,25H2,1-2H3,(H,31,32,33);/q;+1/p-1. The molecule has 0 unspecified atom stereocenters. The molecule has 1 aliphatic rings. The van der Waals surface area contributed by atoms with Crippen molar-refractivity contribution < 1.29 is 69.9 Å². The summed E-state index contributed by atoms with van der Waals surface area (Å²) in [4.78, 5) is 25.6. The number of carbonyl (C=O) groups is 2. The molecule has 0 saturated heterocycles. The zero-order valence-corrected chi connectivity index (χ0v) is 24.7. The van der Waals surface area contributed by atoms with Crippen LogP contribution in [0.3, 0.4) is 0 Å². The van der Waals surface area contributed by atoms with Crippen LogP contribution < -0.4 is 46.1 Å². The number of hydrogen-bond donors (Lipinski definition) is 4. The number of nitrogen functional groups attached to an aromatic ring is 1. The number of nitrogens with one attached hydrogen (secondary N) is 2. The van der Waals surface area contributed by atoms with Crippen LogP contribution in [0.4, 0.5) is 17.1 Å². The van der Waals surface area contributed by atoms with E-state index in [1.165, 1.54) is 37.3 Å². The Hall–Kier alpha value is -2.66.